The average Bonchev–Trinajstić information content (AvgIpc) is 2.63. The fraction of sp³-hybridized carbons (Fsp3) is 0.222. The van der Waals surface area contributed by atoms with Crippen molar-refractivity contribution in [1.82, 2.24) is 9.97 Å². The molecule has 9 heteroatoms. The van der Waals surface area contributed by atoms with Gasteiger partial charge in [0.15, 0.2) is 6.61 Å². The van der Waals surface area contributed by atoms with Crippen LogP contribution in [0.25, 0.3) is 10.9 Å². The van der Waals surface area contributed by atoms with E-state index in [9.17, 15) is 22.0 Å². The summed E-state index contributed by atoms with van der Waals surface area (Å²) in [5.41, 5.74) is 0.588. The molecule has 2 aromatic carbocycles. The zero-order chi connectivity index (χ0) is 19.4. The van der Waals surface area contributed by atoms with Crippen molar-refractivity contribution in [3.05, 3.63) is 59.9 Å². The summed E-state index contributed by atoms with van der Waals surface area (Å²) in [7, 11) is 0. The second kappa shape index (κ2) is 7.73. The first-order valence-electron chi connectivity index (χ1n) is 7.83. The van der Waals surface area contributed by atoms with Gasteiger partial charge >= 0.3 is 6.18 Å². The van der Waals surface area contributed by atoms with Gasteiger partial charge in [0, 0.05) is 6.42 Å². The molecule has 0 aliphatic carbocycles. The maximum Gasteiger partial charge on any atom is 0.422 e. The third-order valence-electron chi connectivity index (χ3n) is 3.61. The normalized spacial score (nSPS) is 11.6. The van der Waals surface area contributed by atoms with Crippen molar-refractivity contribution in [2.75, 3.05) is 13.2 Å². The lowest BCUT2D eigenvalue weighted by atomic mass is 10.1. The van der Waals surface area contributed by atoms with E-state index in [1.54, 1.807) is 12.1 Å². The highest BCUT2D eigenvalue weighted by atomic mass is 19.4. The summed E-state index contributed by atoms with van der Waals surface area (Å²) in [6, 6.07) is 7.94. The monoisotopic (exact) mass is 384 g/mol. The number of halogens is 5. The third kappa shape index (κ3) is 4.81. The molecular formula is C18H13F5N2O2. The Morgan fingerprint density at radius 1 is 0.852 bits per heavy atom. The minimum Gasteiger partial charge on any atom is -0.484 e. The van der Waals surface area contributed by atoms with E-state index in [4.69, 9.17) is 4.74 Å². The molecule has 142 valence electrons. The molecule has 0 spiro atoms. The Labute approximate surface area is 150 Å². The Kier molecular flexibility index (Phi) is 5.38. The van der Waals surface area contributed by atoms with Gasteiger partial charge in [0.25, 0.3) is 0 Å². The maximum atomic E-state index is 14.0. The molecule has 0 bridgehead atoms. The summed E-state index contributed by atoms with van der Waals surface area (Å²) in [6.45, 7) is -1.26. The van der Waals surface area contributed by atoms with Crippen LogP contribution < -0.4 is 9.47 Å². The van der Waals surface area contributed by atoms with Crippen molar-refractivity contribution in [1.29, 1.82) is 0 Å². The Morgan fingerprint density at radius 2 is 1.56 bits per heavy atom. The van der Waals surface area contributed by atoms with Crippen LogP contribution in [-0.4, -0.2) is 29.4 Å². The first-order chi connectivity index (χ1) is 12.8. The fourth-order valence-electron chi connectivity index (χ4n) is 2.37. The standard InChI is InChI=1S/C18H13F5N2O2/c19-13-5-6-14(20)16-15(13)17(25-10-24-16)26-8-7-11-1-3-12(4-2-11)27-9-18(21,22)23/h1-6,10H,7-9H2. The molecule has 1 heterocycles. The van der Waals surface area contributed by atoms with Crippen LogP contribution in [0.15, 0.2) is 42.7 Å². The molecule has 1 aromatic heterocycles. The first-order valence-corrected chi connectivity index (χ1v) is 7.83. The number of hydrogen-bond acceptors (Lipinski definition) is 4. The van der Waals surface area contributed by atoms with Crippen molar-refractivity contribution >= 4 is 10.9 Å². The van der Waals surface area contributed by atoms with Gasteiger partial charge in [0.05, 0.1) is 6.61 Å². The fourth-order valence-corrected chi connectivity index (χ4v) is 2.37. The highest BCUT2D eigenvalue weighted by Gasteiger charge is 2.28. The second-order valence-corrected chi connectivity index (χ2v) is 5.58. The van der Waals surface area contributed by atoms with Crippen LogP contribution in [0.1, 0.15) is 5.56 Å². The van der Waals surface area contributed by atoms with Gasteiger partial charge in [-0.15, -0.1) is 0 Å². The van der Waals surface area contributed by atoms with Crippen molar-refractivity contribution < 1.29 is 31.4 Å². The minimum absolute atomic E-state index is 0.0814. The van der Waals surface area contributed by atoms with E-state index in [1.165, 1.54) is 12.1 Å². The van der Waals surface area contributed by atoms with E-state index in [0.717, 1.165) is 24.0 Å². The van der Waals surface area contributed by atoms with Gasteiger partial charge < -0.3 is 9.47 Å². The van der Waals surface area contributed by atoms with Crippen molar-refractivity contribution in [3.8, 4) is 11.6 Å². The number of rotatable bonds is 6. The lowest BCUT2D eigenvalue weighted by Crippen LogP contribution is -2.19. The van der Waals surface area contributed by atoms with Gasteiger partial charge in [0.2, 0.25) is 5.88 Å². The van der Waals surface area contributed by atoms with Crippen LogP contribution in [-0.2, 0) is 6.42 Å². The number of ether oxygens (including phenoxy) is 2. The van der Waals surface area contributed by atoms with E-state index >= 15 is 0 Å². The summed E-state index contributed by atoms with van der Waals surface area (Å²) in [6.07, 6.45) is -2.95. The summed E-state index contributed by atoms with van der Waals surface area (Å²) in [4.78, 5) is 7.55. The Hall–Kier alpha value is -2.97. The maximum absolute atomic E-state index is 14.0. The molecule has 0 N–H and O–H groups in total. The quantitative estimate of drug-likeness (QED) is 0.589. The lowest BCUT2D eigenvalue weighted by Gasteiger charge is -2.10. The van der Waals surface area contributed by atoms with Gasteiger partial charge in [-0.2, -0.15) is 13.2 Å². The highest BCUT2D eigenvalue weighted by Crippen LogP contribution is 2.26. The van der Waals surface area contributed by atoms with E-state index in [-0.39, 0.29) is 29.1 Å². The molecule has 0 saturated heterocycles. The van der Waals surface area contributed by atoms with Crippen LogP contribution >= 0.6 is 0 Å². The largest absolute Gasteiger partial charge is 0.484 e. The summed E-state index contributed by atoms with van der Waals surface area (Å²) >= 11 is 0. The van der Waals surface area contributed by atoms with Crippen molar-refractivity contribution in [2.24, 2.45) is 0 Å². The molecule has 0 unspecified atom stereocenters. The first kappa shape index (κ1) is 18.8. The van der Waals surface area contributed by atoms with Crippen molar-refractivity contribution in [3.63, 3.8) is 0 Å². The molecular weight excluding hydrogens is 371 g/mol. The molecule has 0 saturated carbocycles. The summed E-state index contributed by atoms with van der Waals surface area (Å²) < 4.78 is 74.1. The smallest absolute Gasteiger partial charge is 0.422 e. The SMILES string of the molecule is Fc1ccc(F)c2c(OCCc3ccc(OCC(F)(F)F)cc3)ncnc12. The molecule has 0 amide bonds. The molecule has 0 radical (unpaired) electrons. The van der Waals surface area contributed by atoms with Crippen LogP contribution in [0.4, 0.5) is 22.0 Å². The van der Waals surface area contributed by atoms with E-state index in [0.29, 0.717) is 6.42 Å². The minimum atomic E-state index is -4.40. The second-order valence-electron chi connectivity index (χ2n) is 5.58. The Balaban J connectivity index is 1.62. The predicted molar refractivity (Wildman–Crippen MR) is 86.6 cm³/mol. The number of fused-ring (bicyclic) bond motifs is 1. The number of nitrogens with zero attached hydrogens (tertiary/aromatic N) is 2. The molecule has 3 rings (SSSR count). The zero-order valence-corrected chi connectivity index (χ0v) is 13.8. The lowest BCUT2D eigenvalue weighted by molar-refractivity contribution is -0.153. The molecule has 4 nitrogen and oxygen atoms in total. The van der Waals surface area contributed by atoms with Gasteiger partial charge in [-0.25, -0.2) is 18.7 Å². The van der Waals surface area contributed by atoms with E-state index in [1.807, 2.05) is 0 Å². The number of hydrogen-bond donors (Lipinski definition) is 0. The summed E-state index contributed by atoms with van der Waals surface area (Å²) in [5.74, 6) is -1.38. The average molecular weight is 384 g/mol. The molecule has 0 atom stereocenters. The van der Waals surface area contributed by atoms with Gasteiger partial charge in [-0.05, 0) is 29.8 Å². The zero-order valence-electron chi connectivity index (χ0n) is 13.8. The molecule has 0 aliphatic rings. The van der Waals surface area contributed by atoms with Crippen molar-refractivity contribution in [2.45, 2.75) is 12.6 Å². The summed E-state index contributed by atoms with van der Waals surface area (Å²) in [5, 5.41) is -0.145. The van der Waals surface area contributed by atoms with E-state index < -0.39 is 24.4 Å². The van der Waals surface area contributed by atoms with Gasteiger partial charge in [-0.3, -0.25) is 0 Å². The van der Waals surface area contributed by atoms with E-state index in [2.05, 4.69) is 14.7 Å². The topological polar surface area (TPSA) is 44.2 Å². The Morgan fingerprint density at radius 3 is 2.26 bits per heavy atom. The third-order valence-corrected chi connectivity index (χ3v) is 3.61. The molecule has 3 aromatic rings. The Bertz CT molecular complexity index is 929. The van der Waals surface area contributed by atoms with Crippen LogP contribution in [0.3, 0.4) is 0 Å². The number of alkyl halides is 3. The van der Waals surface area contributed by atoms with Crippen LogP contribution in [0, 0.1) is 11.6 Å². The molecule has 0 aliphatic heterocycles. The van der Waals surface area contributed by atoms with Crippen LogP contribution in [0.2, 0.25) is 0 Å². The van der Waals surface area contributed by atoms with Gasteiger partial charge in [0.1, 0.15) is 34.6 Å². The van der Waals surface area contributed by atoms with Gasteiger partial charge in [-0.1, -0.05) is 12.1 Å². The number of aromatic nitrogens is 2. The highest BCUT2D eigenvalue weighted by molar-refractivity contribution is 5.84. The molecule has 27 heavy (non-hydrogen) atoms. The van der Waals surface area contributed by atoms with Crippen LogP contribution in [0.5, 0.6) is 11.6 Å². The molecule has 0 fully saturated rings. The predicted octanol–water partition coefficient (Wildman–Crippen LogP) is 4.47. The number of benzene rings is 2.